The van der Waals surface area contributed by atoms with E-state index < -0.39 is 24.3 Å². The average molecular weight is 305 g/mol. The number of hydrogen-bond donors (Lipinski definition) is 1. The minimum Gasteiger partial charge on any atom is -0.467 e. The van der Waals surface area contributed by atoms with Crippen LogP contribution in [0.25, 0.3) is 0 Å². The van der Waals surface area contributed by atoms with Crippen LogP contribution in [0.2, 0.25) is 0 Å². The lowest BCUT2D eigenvalue weighted by molar-refractivity contribution is -0.274. The van der Waals surface area contributed by atoms with Gasteiger partial charge in [-0.2, -0.15) is 0 Å². The molecular formula is C13H14F3NO4. The number of carbonyl (C=O) groups excluding carboxylic acids is 2. The molecule has 0 fully saturated rings. The first-order valence-electron chi connectivity index (χ1n) is 5.91. The molecule has 0 aliphatic carbocycles. The molecule has 0 heterocycles. The number of benzene rings is 1. The number of hydrogen-bond acceptors (Lipinski definition) is 4. The Morgan fingerprint density at radius 1 is 1.24 bits per heavy atom. The summed E-state index contributed by atoms with van der Waals surface area (Å²) in [6.07, 6.45) is -4.66. The van der Waals surface area contributed by atoms with Gasteiger partial charge in [0.2, 0.25) is 5.91 Å². The van der Waals surface area contributed by atoms with Crippen molar-refractivity contribution in [3.63, 3.8) is 0 Å². The van der Waals surface area contributed by atoms with Crippen LogP contribution in [-0.4, -0.2) is 31.4 Å². The standard InChI is InChI=1S/C13H14F3NO4/c1-8(18)17-11(12(19)20-2)7-9-3-5-10(6-4-9)21-13(14,15)16/h3-6,11H,7H2,1-2H3,(H,17,18)/t11-/m0/s1. The van der Waals surface area contributed by atoms with Gasteiger partial charge in [-0.05, 0) is 17.7 Å². The van der Waals surface area contributed by atoms with Crippen LogP contribution in [0.1, 0.15) is 12.5 Å². The minimum atomic E-state index is -4.76. The quantitative estimate of drug-likeness (QED) is 0.843. The predicted octanol–water partition coefficient (Wildman–Crippen LogP) is 1.81. The van der Waals surface area contributed by atoms with Crippen molar-refractivity contribution >= 4 is 11.9 Å². The van der Waals surface area contributed by atoms with Crippen LogP contribution in [-0.2, 0) is 20.7 Å². The molecule has 21 heavy (non-hydrogen) atoms. The molecule has 1 aromatic rings. The molecule has 0 spiro atoms. The smallest absolute Gasteiger partial charge is 0.467 e. The van der Waals surface area contributed by atoms with Crippen LogP contribution in [0.4, 0.5) is 13.2 Å². The lowest BCUT2D eigenvalue weighted by atomic mass is 10.1. The van der Waals surface area contributed by atoms with E-state index >= 15 is 0 Å². The van der Waals surface area contributed by atoms with E-state index in [0.717, 1.165) is 12.1 Å². The molecule has 0 bridgehead atoms. The zero-order chi connectivity index (χ0) is 16.0. The highest BCUT2D eigenvalue weighted by molar-refractivity contribution is 5.83. The van der Waals surface area contributed by atoms with Crippen molar-refractivity contribution in [1.29, 1.82) is 0 Å². The number of halogens is 3. The van der Waals surface area contributed by atoms with Crippen molar-refractivity contribution in [2.45, 2.75) is 25.7 Å². The molecule has 1 N–H and O–H groups in total. The Hall–Kier alpha value is -2.25. The highest BCUT2D eigenvalue weighted by Crippen LogP contribution is 2.23. The molecule has 1 rings (SSSR count). The first-order chi connectivity index (χ1) is 9.71. The highest BCUT2D eigenvalue weighted by Gasteiger charge is 2.31. The van der Waals surface area contributed by atoms with Gasteiger partial charge in [-0.3, -0.25) is 4.79 Å². The minimum absolute atomic E-state index is 0.0958. The lowest BCUT2D eigenvalue weighted by Gasteiger charge is -2.16. The van der Waals surface area contributed by atoms with Gasteiger partial charge >= 0.3 is 12.3 Å². The summed E-state index contributed by atoms with van der Waals surface area (Å²) in [5, 5.41) is 2.41. The molecule has 0 aliphatic heterocycles. The number of nitrogens with one attached hydrogen (secondary N) is 1. The van der Waals surface area contributed by atoms with Crippen LogP contribution in [0.5, 0.6) is 5.75 Å². The van der Waals surface area contributed by atoms with E-state index in [1.807, 2.05) is 0 Å². The summed E-state index contributed by atoms with van der Waals surface area (Å²) in [5.41, 5.74) is 0.550. The van der Waals surface area contributed by atoms with Crippen molar-refractivity contribution in [3.8, 4) is 5.75 Å². The molecule has 0 aliphatic rings. The normalized spacial score (nSPS) is 12.4. The van der Waals surface area contributed by atoms with Gasteiger partial charge in [0.05, 0.1) is 7.11 Å². The molecule has 0 saturated heterocycles. The number of esters is 1. The largest absolute Gasteiger partial charge is 0.573 e. The summed E-state index contributed by atoms with van der Waals surface area (Å²) in [7, 11) is 1.18. The van der Waals surface area contributed by atoms with Crippen LogP contribution in [0.15, 0.2) is 24.3 Å². The Morgan fingerprint density at radius 3 is 2.24 bits per heavy atom. The van der Waals surface area contributed by atoms with E-state index in [1.165, 1.54) is 26.2 Å². The topological polar surface area (TPSA) is 64.6 Å². The van der Waals surface area contributed by atoms with Crippen molar-refractivity contribution in [2.75, 3.05) is 7.11 Å². The molecule has 1 atom stereocenters. The second kappa shape index (κ2) is 6.96. The van der Waals surface area contributed by atoms with Crippen molar-refractivity contribution in [3.05, 3.63) is 29.8 Å². The third kappa shape index (κ3) is 6.15. The van der Waals surface area contributed by atoms with E-state index in [1.54, 1.807) is 0 Å². The SMILES string of the molecule is COC(=O)[C@H](Cc1ccc(OC(F)(F)F)cc1)NC(C)=O. The Balaban J connectivity index is 2.76. The van der Waals surface area contributed by atoms with Crippen LogP contribution in [0, 0.1) is 0 Å². The van der Waals surface area contributed by atoms with Crippen molar-refractivity contribution < 1.29 is 32.2 Å². The van der Waals surface area contributed by atoms with Gasteiger partial charge in [-0.15, -0.1) is 13.2 Å². The number of amides is 1. The number of methoxy groups -OCH3 is 1. The summed E-state index contributed by atoms with van der Waals surface area (Å²) in [4.78, 5) is 22.5. The van der Waals surface area contributed by atoms with E-state index in [0.29, 0.717) is 5.56 Å². The molecule has 0 aromatic heterocycles. The zero-order valence-corrected chi connectivity index (χ0v) is 11.4. The summed E-state index contributed by atoms with van der Waals surface area (Å²) in [6, 6.07) is 4.11. The van der Waals surface area contributed by atoms with Crippen molar-refractivity contribution in [1.82, 2.24) is 5.32 Å². The van der Waals surface area contributed by atoms with Crippen LogP contribution < -0.4 is 10.1 Å². The Morgan fingerprint density at radius 2 is 1.81 bits per heavy atom. The van der Waals surface area contributed by atoms with E-state index in [-0.39, 0.29) is 12.2 Å². The Kier molecular flexibility index (Phi) is 5.57. The second-order valence-corrected chi connectivity index (χ2v) is 4.17. The van der Waals surface area contributed by atoms with Gasteiger partial charge in [-0.1, -0.05) is 12.1 Å². The third-order valence-electron chi connectivity index (χ3n) is 2.46. The molecule has 116 valence electrons. The van der Waals surface area contributed by atoms with E-state index in [2.05, 4.69) is 14.8 Å². The summed E-state index contributed by atoms with van der Waals surface area (Å²) in [5.74, 6) is -1.41. The molecular weight excluding hydrogens is 291 g/mol. The van der Waals surface area contributed by atoms with Gasteiger partial charge in [0, 0.05) is 13.3 Å². The summed E-state index contributed by atoms with van der Waals surface area (Å²) in [6.45, 7) is 1.25. The number of ether oxygens (including phenoxy) is 2. The van der Waals surface area contributed by atoms with E-state index in [9.17, 15) is 22.8 Å². The number of rotatable bonds is 5. The van der Waals surface area contributed by atoms with E-state index in [4.69, 9.17) is 0 Å². The number of alkyl halides is 3. The van der Waals surface area contributed by atoms with Crippen LogP contribution in [0.3, 0.4) is 0 Å². The van der Waals surface area contributed by atoms with Gasteiger partial charge < -0.3 is 14.8 Å². The van der Waals surface area contributed by atoms with Crippen molar-refractivity contribution in [2.24, 2.45) is 0 Å². The average Bonchev–Trinajstić information content (AvgIpc) is 2.37. The fraction of sp³-hybridized carbons (Fsp3) is 0.385. The van der Waals surface area contributed by atoms with Crippen LogP contribution >= 0.6 is 0 Å². The van der Waals surface area contributed by atoms with Gasteiger partial charge in [0.1, 0.15) is 11.8 Å². The fourth-order valence-corrected chi connectivity index (χ4v) is 1.64. The van der Waals surface area contributed by atoms with Gasteiger partial charge in [0.25, 0.3) is 0 Å². The summed E-state index contributed by atoms with van der Waals surface area (Å²) >= 11 is 0. The molecule has 1 amide bonds. The molecule has 0 unspecified atom stereocenters. The first kappa shape index (κ1) is 16.8. The van der Waals surface area contributed by atoms with Gasteiger partial charge in [0.15, 0.2) is 0 Å². The maximum Gasteiger partial charge on any atom is 0.573 e. The fourth-order valence-electron chi connectivity index (χ4n) is 1.64. The first-order valence-corrected chi connectivity index (χ1v) is 5.91. The molecule has 8 heteroatoms. The maximum atomic E-state index is 12.0. The molecule has 1 aromatic carbocycles. The predicted molar refractivity (Wildman–Crippen MR) is 66.4 cm³/mol. The third-order valence-corrected chi connectivity index (χ3v) is 2.46. The monoisotopic (exact) mass is 305 g/mol. The van der Waals surface area contributed by atoms with Gasteiger partial charge in [-0.25, -0.2) is 4.79 Å². The molecule has 0 saturated carbocycles. The maximum absolute atomic E-state index is 12.0. The highest BCUT2D eigenvalue weighted by atomic mass is 19.4. The lowest BCUT2D eigenvalue weighted by Crippen LogP contribution is -2.41. The molecule has 0 radical (unpaired) electrons. The Bertz CT molecular complexity index is 499. The Labute approximate surface area is 119 Å². The zero-order valence-electron chi connectivity index (χ0n) is 11.4. The molecule has 5 nitrogen and oxygen atoms in total. The number of carbonyl (C=O) groups is 2. The summed E-state index contributed by atoms with van der Waals surface area (Å²) < 4.78 is 44.3. The second-order valence-electron chi connectivity index (χ2n) is 4.17.